The van der Waals surface area contributed by atoms with E-state index in [0.29, 0.717) is 29.9 Å². The van der Waals surface area contributed by atoms with Crippen LogP contribution in [0, 0.1) is 26.7 Å². The van der Waals surface area contributed by atoms with Crippen molar-refractivity contribution in [1.29, 1.82) is 0 Å². The van der Waals surface area contributed by atoms with E-state index in [9.17, 15) is 4.79 Å². The average Bonchev–Trinajstić information content (AvgIpc) is 3.42. The van der Waals surface area contributed by atoms with Crippen LogP contribution in [0.15, 0.2) is 17.1 Å². The Morgan fingerprint density at radius 3 is 2.69 bits per heavy atom. The highest BCUT2D eigenvalue weighted by molar-refractivity contribution is 6.29. The van der Waals surface area contributed by atoms with Gasteiger partial charge in [0.1, 0.15) is 10.8 Å². The fourth-order valence-electron chi connectivity index (χ4n) is 3.17. The van der Waals surface area contributed by atoms with Crippen LogP contribution < -0.4 is 10.9 Å². The van der Waals surface area contributed by atoms with E-state index in [-0.39, 0.29) is 11.6 Å². The number of methoxy groups -OCH3 is 1. The van der Waals surface area contributed by atoms with Crippen LogP contribution >= 0.6 is 11.6 Å². The number of hydrogen-bond donors (Lipinski definition) is 1. The smallest absolute Gasteiger partial charge is 0.274 e. The van der Waals surface area contributed by atoms with Gasteiger partial charge in [-0.3, -0.25) is 9.78 Å². The van der Waals surface area contributed by atoms with Crippen LogP contribution in [0.25, 0.3) is 0 Å². The number of hydrogen-bond acceptors (Lipinski definition) is 5. The third-order valence-corrected chi connectivity index (χ3v) is 5.11. The number of ether oxygens (including phenoxy) is 1. The first-order chi connectivity index (χ1) is 12.4. The molecule has 0 radical (unpaired) electrons. The molecular formula is C19H25ClN4O2. The van der Waals surface area contributed by atoms with Gasteiger partial charge >= 0.3 is 0 Å². The van der Waals surface area contributed by atoms with E-state index < -0.39 is 0 Å². The van der Waals surface area contributed by atoms with Gasteiger partial charge in [-0.1, -0.05) is 11.6 Å². The van der Waals surface area contributed by atoms with E-state index in [1.165, 1.54) is 0 Å². The van der Waals surface area contributed by atoms with Crippen LogP contribution in [0.5, 0.6) is 0 Å². The first-order valence-electron chi connectivity index (χ1n) is 8.86. The third-order valence-electron chi connectivity index (χ3n) is 4.93. The summed E-state index contributed by atoms with van der Waals surface area (Å²) in [5, 5.41) is 3.60. The summed E-state index contributed by atoms with van der Waals surface area (Å²) in [5.41, 5.74) is 4.18. The lowest BCUT2D eigenvalue weighted by atomic mass is 10.2. The summed E-state index contributed by atoms with van der Waals surface area (Å²) >= 11 is 6.20. The Labute approximate surface area is 158 Å². The van der Waals surface area contributed by atoms with Gasteiger partial charge in [0.05, 0.1) is 30.6 Å². The predicted molar refractivity (Wildman–Crippen MR) is 103 cm³/mol. The van der Waals surface area contributed by atoms with E-state index >= 15 is 0 Å². The maximum absolute atomic E-state index is 12.9. The second kappa shape index (κ2) is 7.76. The Morgan fingerprint density at radius 1 is 1.31 bits per heavy atom. The number of nitrogens with one attached hydrogen (secondary N) is 1. The molecule has 0 bridgehead atoms. The molecule has 0 aliphatic heterocycles. The van der Waals surface area contributed by atoms with Gasteiger partial charge in [0, 0.05) is 19.0 Å². The number of pyridine rings is 1. The number of aryl methyl sites for hydroxylation is 3. The van der Waals surface area contributed by atoms with Crippen molar-refractivity contribution in [3.05, 3.63) is 50.4 Å². The number of rotatable bonds is 7. The molecule has 1 aliphatic rings. The van der Waals surface area contributed by atoms with Crippen molar-refractivity contribution >= 4 is 17.3 Å². The van der Waals surface area contributed by atoms with E-state index in [1.807, 2.05) is 26.8 Å². The van der Waals surface area contributed by atoms with Crippen molar-refractivity contribution in [2.24, 2.45) is 5.92 Å². The molecule has 1 aliphatic carbocycles. The lowest BCUT2D eigenvalue weighted by Gasteiger charge is -2.20. The Balaban J connectivity index is 1.86. The van der Waals surface area contributed by atoms with Crippen LogP contribution in [0.1, 0.15) is 41.5 Å². The highest BCUT2D eigenvalue weighted by Gasteiger charge is 2.33. The normalized spacial score (nSPS) is 15.1. The molecule has 1 unspecified atom stereocenters. The quantitative estimate of drug-likeness (QED) is 0.801. The summed E-state index contributed by atoms with van der Waals surface area (Å²) < 4.78 is 7.01. The van der Waals surface area contributed by atoms with Gasteiger partial charge in [0.2, 0.25) is 0 Å². The first-order valence-corrected chi connectivity index (χ1v) is 9.23. The largest absolute Gasteiger partial charge is 0.383 e. The lowest BCUT2D eigenvalue weighted by molar-refractivity contribution is 0.143. The van der Waals surface area contributed by atoms with Gasteiger partial charge in [-0.25, -0.2) is 4.98 Å². The summed E-state index contributed by atoms with van der Waals surface area (Å²) in [7, 11) is 1.65. The minimum absolute atomic E-state index is 0.0109. The molecule has 7 heteroatoms. The minimum atomic E-state index is -0.120. The van der Waals surface area contributed by atoms with Gasteiger partial charge in [-0.15, -0.1) is 0 Å². The molecule has 2 heterocycles. The van der Waals surface area contributed by atoms with Crippen LogP contribution in [0.2, 0.25) is 5.15 Å². The number of aromatic nitrogens is 3. The standard InChI is InChI=1S/C19H25ClN4O2/c1-11-7-15(13(3)22-12(11)2)21-8-16-19(25)24(9-18(20)23-16)17(10-26-4)14-5-6-14/h7,9,14,17,21H,5-6,8,10H2,1-4H3. The number of halogens is 1. The monoisotopic (exact) mass is 376 g/mol. The molecule has 1 N–H and O–H groups in total. The lowest BCUT2D eigenvalue weighted by Crippen LogP contribution is -2.32. The van der Waals surface area contributed by atoms with Crippen molar-refractivity contribution in [2.45, 2.75) is 46.2 Å². The minimum Gasteiger partial charge on any atom is -0.383 e. The van der Waals surface area contributed by atoms with Gasteiger partial charge < -0.3 is 14.6 Å². The Morgan fingerprint density at radius 2 is 2.04 bits per heavy atom. The molecule has 2 aromatic heterocycles. The fourth-order valence-corrected chi connectivity index (χ4v) is 3.38. The van der Waals surface area contributed by atoms with Crippen molar-refractivity contribution in [2.75, 3.05) is 19.0 Å². The zero-order valence-electron chi connectivity index (χ0n) is 15.7. The van der Waals surface area contributed by atoms with Crippen molar-refractivity contribution < 1.29 is 4.74 Å². The molecule has 0 amide bonds. The molecule has 2 aromatic rings. The summed E-state index contributed by atoms with van der Waals surface area (Å²) in [5.74, 6) is 0.470. The zero-order valence-corrected chi connectivity index (χ0v) is 16.4. The molecule has 3 rings (SSSR count). The third kappa shape index (κ3) is 4.07. The van der Waals surface area contributed by atoms with Crippen LogP contribution in [0.3, 0.4) is 0 Å². The average molecular weight is 377 g/mol. The van der Waals surface area contributed by atoms with E-state index in [0.717, 1.165) is 35.5 Å². The van der Waals surface area contributed by atoms with Crippen molar-refractivity contribution in [3.63, 3.8) is 0 Å². The molecule has 1 saturated carbocycles. The van der Waals surface area contributed by atoms with Crippen molar-refractivity contribution in [1.82, 2.24) is 14.5 Å². The summed E-state index contributed by atoms with van der Waals surface area (Å²) in [6.45, 7) is 6.74. The Bertz CT molecular complexity index is 861. The second-order valence-corrected chi connectivity index (χ2v) is 7.35. The fraction of sp³-hybridized carbons (Fsp3) is 0.526. The highest BCUT2D eigenvalue weighted by Crippen LogP contribution is 2.39. The summed E-state index contributed by atoms with van der Waals surface area (Å²) in [6, 6.07) is 2.05. The molecule has 0 spiro atoms. The van der Waals surface area contributed by atoms with Gasteiger partial charge in [0.25, 0.3) is 5.56 Å². The summed E-state index contributed by atoms with van der Waals surface area (Å²) in [4.78, 5) is 21.7. The molecule has 1 fully saturated rings. The zero-order chi connectivity index (χ0) is 18.8. The van der Waals surface area contributed by atoms with E-state index in [1.54, 1.807) is 17.9 Å². The molecule has 0 saturated heterocycles. The van der Waals surface area contributed by atoms with Crippen molar-refractivity contribution in [3.8, 4) is 0 Å². The Hall–Kier alpha value is -1.92. The predicted octanol–water partition coefficient (Wildman–Crippen LogP) is 3.43. The van der Waals surface area contributed by atoms with Crippen LogP contribution in [0.4, 0.5) is 5.69 Å². The van der Waals surface area contributed by atoms with E-state index in [4.69, 9.17) is 16.3 Å². The Kier molecular flexibility index (Phi) is 5.63. The molecule has 26 heavy (non-hydrogen) atoms. The second-order valence-electron chi connectivity index (χ2n) is 6.96. The van der Waals surface area contributed by atoms with Gasteiger partial charge in [0.15, 0.2) is 0 Å². The first kappa shape index (κ1) is 18.9. The molecule has 140 valence electrons. The number of anilines is 1. The number of nitrogens with zero attached hydrogens (tertiary/aromatic N) is 3. The molecule has 1 atom stereocenters. The van der Waals surface area contributed by atoms with E-state index in [2.05, 4.69) is 15.3 Å². The van der Waals surface area contributed by atoms with Gasteiger partial charge in [-0.2, -0.15) is 0 Å². The SMILES string of the molecule is COCC(C1CC1)n1cc(Cl)nc(CNc2cc(C)c(C)nc2C)c1=O. The summed E-state index contributed by atoms with van der Waals surface area (Å²) in [6.07, 6.45) is 3.85. The maximum Gasteiger partial charge on any atom is 0.274 e. The highest BCUT2D eigenvalue weighted by atomic mass is 35.5. The molecule has 0 aromatic carbocycles. The molecular weight excluding hydrogens is 352 g/mol. The topological polar surface area (TPSA) is 69.0 Å². The maximum atomic E-state index is 12.9. The van der Waals surface area contributed by atoms with Gasteiger partial charge in [-0.05, 0) is 51.2 Å². The molecule has 6 nitrogen and oxygen atoms in total. The van der Waals surface area contributed by atoms with Crippen LogP contribution in [-0.2, 0) is 11.3 Å². The van der Waals surface area contributed by atoms with Crippen LogP contribution in [-0.4, -0.2) is 28.3 Å².